The SMILES string of the molecule is Cc1ccc(-c2[nH]ncc2CN2CCCC(S(N)(=O)=O)C2)cc1. The molecule has 3 rings (SSSR count). The molecule has 1 fully saturated rings. The summed E-state index contributed by atoms with van der Waals surface area (Å²) in [7, 11) is -3.47. The molecule has 1 aliphatic heterocycles. The number of likely N-dealkylation sites (tertiary alicyclic amines) is 1. The van der Waals surface area contributed by atoms with Crippen molar-refractivity contribution in [3.8, 4) is 11.3 Å². The van der Waals surface area contributed by atoms with Crippen LogP contribution in [-0.4, -0.2) is 41.9 Å². The van der Waals surface area contributed by atoms with Gasteiger partial charge in [-0.2, -0.15) is 5.10 Å². The van der Waals surface area contributed by atoms with Crippen LogP contribution < -0.4 is 5.14 Å². The number of aromatic nitrogens is 2. The standard InChI is InChI=1S/C16H22N4O2S/c1-12-4-6-13(7-5-12)16-14(9-18-19-16)10-20-8-2-3-15(11-20)23(17,21)22/h4-7,9,15H,2-3,8,10-11H2,1H3,(H,18,19)(H2,17,21,22). The number of nitrogens with zero attached hydrogens (tertiary/aromatic N) is 2. The Kier molecular flexibility index (Phi) is 4.52. The number of nitrogens with one attached hydrogen (secondary N) is 1. The Morgan fingerprint density at radius 2 is 2.09 bits per heavy atom. The van der Waals surface area contributed by atoms with Crippen molar-refractivity contribution < 1.29 is 8.42 Å². The topological polar surface area (TPSA) is 92.1 Å². The molecule has 1 saturated heterocycles. The van der Waals surface area contributed by atoms with Gasteiger partial charge in [0.2, 0.25) is 10.0 Å². The number of aromatic amines is 1. The highest BCUT2D eigenvalue weighted by molar-refractivity contribution is 7.89. The lowest BCUT2D eigenvalue weighted by Crippen LogP contribution is -2.44. The summed E-state index contributed by atoms with van der Waals surface area (Å²) in [5, 5.41) is 12.1. The van der Waals surface area contributed by atoms with Crippen LogP contribution in [0.4, 0.5) is 0 Å². The summed E-state index contributed by atoms with van der Waals surface area (Å²) in [6.07, 6.45) is 3.31. The van der Waals surface area contributed by atoms with Crippen LogP contribution in [0.1, 0.15) is 24.0 Å². The summed E-state index contributed by atoms with van der Waals surface area (Å²) >= 11 is 0. The normalized spacial score (nSPS) is 19.8. The van der Waals surface area contributed by atoms with Gasteiger partial charge in [0.15, 0.2) is 0 Å². The number of piperidine rings is 1. The summed E-state index contributed by atoms with van der Waals surface area (Å²) in [6.45, 7) is 4.09. The number of primary sulfonamides is 1. The third kappa shape index (κ3) is 3.80. The first kappa shape index (κ1) is 16.2. The number of aryl methyl sites for hydroxylation is 1. The Morgan fingerprint density at radius 1 is 1.35 bits per heavy atom. The van der Waals surface area contributed by atoms with Crippen LogP contribution in [0, 0.1) is 6.92 Å². The molecule has 7 heteroatoms. The fraction of sp³-hybridized carbons (Fsp3) is 0.438. The largest absolute Gasteiger partial charge is 0.298 e. The minimum atomic E-state index is -3.47. The summed E-state index contributed by atoms with van der Waals surface area (Å²) in [4.78, 5) is 2.14. The van der Waals surface area contributed by atoms with E-state index in [1.54, 1.807) is 0 Å². The Morgan fingerprint density at radius 3 is 2.78 bits per heavy atom. The van der Waals surface area contributed by atoms with E-state index in [2.05, 4.69) is 46.3 Å². The highest BCUT2D eigenvalue weighted by atomic mass is 32.2. The summed E-state index contributed by atoms with van der Waals surface area (Å²) in [6, 6.07) is 8.27. The molecule has 2 aromatic rings. The quantitative estimate of drug-likeness (QED) is 0.889. The average molecular weight is 334 g/mol. The fourth-order valence-corrected chi connectivity index (χ4v) is 3.98. The van der Waals surface area contributed by atoms with Crippen molar-refractivity contribution >= 4 is 10.0 Å². The van der Waals surface area contributed by atoms with Gasteiger partial charge in [-0.05, 0) is 31.9 Å². The van der Waals surface area contributed by atoms with Gasteiger partial charge in [0, 0.05) is 18.7 Å². The van der Waals surface area contributed by atoms with Crippen LogP contribution >= 0.6 is 0 Å². The number of hydrogen-bond acceptors (Lipinski definition) is 4. The van der Waals surface area contributed by atoms with Crippen molar-refractivity contribution in [3.63, 3.8) is 0 Å². The van der Waals surface area contributed by atoms with Crippen molar-refractivity contribution in [3.05, 3.63) is 41.6 Å². The zero-order valence-electron chi connectivity index (χ0n) is 13.2. The Labute approximate surface area is 136 Å². The molecule has 0 bridgehead atoms. The fourth-order valence-electron chi connectivity index (χ4n) is 3.07. The maximum absolute atomic E-state index is 11.6. The van der Waals surface area contributed by atoms with Gasteiger partial charge in [-0.1, -0.05) is 29.8 Å². The van der Waals surface area contributed by atoms with Crippen molar-refractivity contribution in [1.82, 2.24) is 15.1 Å². The molecule has 1 aromatic carbocycles. The van der Waals surface area contributed by atoms with E-state index in [0.29, 0.717) is 19.5 Å². The Bertz CT molecular complexity index is 768. The van der Waals surface area contributed by atoms with Crippen LogP contribution in [0.2, 0.25) is 0 Å². The van der Waals surface area contributed by atoms with Gasteiger partial charge >= 0.3 is 0 Å². The van der Waals surface area contributed by atoms with Crippen LogP contribution in [0.3, 0.4) is 0 Å². The first-order valence-corrected chi connectivity index (χ1v) is 9.37. The molecule has 2 heterocycles. The molecule has 0 radical (unpaired) electrons. The van der Waals surface area contributed by atoms with Crippen LogP contribution in [0.25, 0.3) is 11.3 Å². The predicted octanol–water partition coefficient (Wildman–Crippen LogP) is 1.64. The number of hydrogen-bond donors (Lipinski definition) is 2. The maximum atomic E-state index is 11.6. The zero-order chi connectivity index (χ0) is 16.4. The second kappa shape index (κ2) is 6.43. The third-order valence-electron chi connectivity index (χ3n) is 4.38. The van der Waals surface area contributed by atoms with E-state index in [1.165, 1.54) is 5.56 Å². The molecule has 3 N–H and O–H groups in total. The van der Waals surface area contributed by atoms with E-state index in [4.69, 9.17) is 5.14 Å². The van der Waals surface area contributed by atoms with Gasteiger partial charge in [0.25, 0.3) is 0 Å². The molecule has 0 spiro atoms. The first-order valence-electron chi connectivity index (χ1n) is 7.77. The van der Waals surface area contributed by atoms with Crippen LogP contribution in [0.15, 0.2) is 30.5 Å². The molecule has 1 atom stereocenters. The Balaban J connectivity index is 1.76. The molecule has 0 saturated carbocycles. The summed E-state index contributed by atoms with van der Waals surface area (Å²) < 4.78 is 23.2. The van der Waals surface area contributed by atoms with Crippen LogP contribution in [-0.2, 0) is 16.6 Å². The Hall–Kier alpha value is -1.70. The molecule has 124 valence electrons. The summed E-state index contributed by atoms with van der Waals surface area (Å²) in [5.41, 5.74) is 4.36. The van der Waals surface area contributed by atoms with Gasteiger partial charge in [0.05, 0.1) is 17.1 Å². The maximum Gasteiger partial charge on any atom is 0.213 e. The van der Waals surface area contributed by atoms with Gasteiger partial charge in [-0.3, -0.25) is 10.00 Å². The molecule has 1 unspecified atom stereocenters. The van der Waals surface area contributed by atoms with E-state index in [0.717, 1.165) is 29.8 Å². The molecule has 23 heavy (non-hydrogen) atoms. The minimum absolute atomic E-state index is 0.467. The van der Waals surface area contributed by atoms with E-state index in [9.17, 15) is 8.42 Å². The number of benzene rings is 1. The monoisotopic (exact) mass is 334 g/mol. The smallest absolute Gasteiger partial charge is 0.213 e. The van der Waals surface area contributed by atoms with E-state index >= 15 is 0 Å². The summed E-state index contributed by atoms with van der Waals surface area (Å²) in [5.74, 6) is 0. The van der Waals surface area contributed by atoms with Crippen LogP contribution in [0.5, 0.6) is 0 Å². The minimum Gasteiger partial charge on any atom is -0.298 e. The highest BCUT2D eigenvalue weighted by Crippen LogP contribution is 2.24. The van der Waals surface area contributed by atoms with Gasteiger partial charge in [0.1, 0.15) is 0 Å². The van der Waals surface area contributed by atoms with Crippen molar-refractivity contribution in [2.24, 2.45) is 5.14 Å². The second-order valence-electron chi connectivity index (χ2n) is 6.22. The predicted molar refractivity (Wildman–Crippen MR) is 90.2 cm³/mol. The van der Waals surface area contributed by atoms with E-state index < -0.39 is 15.3 Å². The lowest BCUT2D eigenvalue weighted by molar-refractivity contribution is 0.222. The van der Waals surface area contributed by atoms with Gasteiger partial charge < -0.3 is 0 Å². The van der Waals surface area contributed by atoms with Crippen molar-refractivity contribution in [1.29, 1.82) is 0 Å². The molecular formula is C16H22N4O2S. The number of H-pyrrole nitrogens is 1. The highest BCUT2D eigenvalue weighted by Gasteiger charge is 2.28. The zero-order valence-corrected chi connectivity index (χ0v) is 14.0. The second-order valence-corrected chi connectivity index (χ2v) is 8.07. The van der Waals surface area contributed by atoms with Crippen molar-refractivity contribution in [2.45, 2.75) is 31.6 Å². The first-order chi connectivity index (χ1) is 10.9. The van der Waals surface area contributed by atoms with Gasteiger partial charge in [-0.15, -0.1) is 0 Å². The third-order valence-corrected chi connectivity index (χ3v) is 5.69. The lowest BCUT2D eigenvalue weighted by atomic mass is 10.0. The van der Waals surface area contributed by atoms with Crippen molar-refractivity contribution in [2.75, 3.05) is 13.1 Å². The number of nitrogens with two attached hydrogens (primary N) is 1. The molecule has 1 aliphatic rings. The molecule has 6 nitrogen and oxygen atoms in total. The van der Waals surface area contributed by atoms with E-state index in [1.807, 2.05) is 6.20 Å². The molecule has 0 amide bonds. The number of sulfonamides is 1. The average Bonchev–Trinajstić information content (AvgIpc) is 2.95. The molecule has 0 aliphatic carbocycles. The molecule has 1 aromatic heterocycles. The van der Waals surface area contributed by atoms with Gasteiger partial charge in [-0.25, -0.2) is 13.6 Å². The number of rotatable bonds is 4. The molecular weight excluding hydrogens is 312 g/mol. The van der Waals surface area contributed by atoms with E-state index in [-0.39, 0.29) is 0 Å². The lowest BCUT2D eigenvalue weighted by Gasteiger charge is -2.31.